The molecule has 1 heterocycles. The Morgan fingerprint density at radius 3 is 2.67 bits per heavy atom. The highest BCUT2D eigenvalue weighted by molar-refractivity contribution is 5.96. The largest absolute Gasteiger partial charge is 0.462 e. The Hall–Kier alpha value is -1.78. The highest BCUT2D eigenvalue weighted by Crippen LogP contribution is 2.40. The SMILES string of the molecule is CCOC(=O)c1cc(N2CC3CCCC3C2)c(F)cc1N. The predicted molar refractivity (Wildman–Crippen MR) is 79.8 cm³/mol. The Labute approximate surface area is 124 Å². The molecule has 1 aromatic carbocycles. The lowest BCUT2D eigenvalue weighted by molar-refractivity contribution is 0.0527. The average Bonchev–Trinajstić information content (AvgIpc) is 2.99. The number of ether oxygens (including phenoxy) is 1. The zero-order valence-electron chi connectivity index (χ0n) is 12.3. The number of hydrogen-bond donors (Lipinski definition) is 1. The lowest BCUT2D eigenvalue weighted by Gasteiger charge is -2.21. The second-order valence-corrected chi connectivity index (χ2v) is 5.97. The molecule has 1 saturated carbocycles. The van der Waals surface area contributed by atoms with Crippen molar-refractivity contribution in [3.05, 3.63) is 23.5 Å². The molecule has 0 aromatic heterocycles. The van der Waals surface area contributed by atoms with Crippen molar-refractivity contribution in [3.63, 3.8) is 0 Å². The summed E-state index contributed by atoms with van der Waals surface area (Å²) in [7, 11) is 0. The van der Waals surface area contributed by atoms with Gasteiger partial charge in [0.1, 0.15) is 5.82 Å². The van der Waals surface area contributed by atoms with Crippen LogP contribution in [0.1, 0.15) is 36.5 Å². The van der Waals surface area contributed by atoms with Crippen LogP contribution < -0.4 is 10.6 Å². The predicted octanol–water partition coefficient (Wildman–Crippen LogP) is 2.82. The Morgan fingerprint density at radius 1 is 1.38 bits per heavy atom. The Bertz CT molecular complexity index is 549. The summed E-state index contributed by atoms with van der Waals surface area (Å²) in [6.07, 6.45) is 3.73. The van der Waals surface area contributed by atoms with Gasteiger partial charge in [-0.2, -0.15) is 0 Å². The van der Waals surface area contributed by atoms with Gasteiger partial charge in [-0.15, -0.1) is 0 Å². The number of benzene rings is 1. The number of anilines is 2. The molecule has 1 aliphatic heterocycles. The van der Waals surface area contributed by atoms with Crippen LogP contribution >= 0.6 is 0 Å². The number of rotatable bonds is 3. The van der Waals surface area contributed by atoms with E-state index >= 15 is 0 Å². The number of nitrogens with zero attached hydrogens (tertiary/aromatic N) is 1. The molecule has 0 spiro atoms. The highest BCUT2D eigenvalue weighted by atomic mass is 19.1. The van der Waals surface area contributed by atoms with E-state index in [4.69, 9.17) is 10.5 Å². The van der Waals surface area contributed by atoms with E-state index in [0.29, 0.717) is 17.5 Å². The fraction of sp³-hybridized carbons (Fsp3) is 0.562. The van der Waals surface area contributed by atoms with Crippen LogP contribution in [0.15, 0.2) is 12.1 Å². The van der Waals surface area contributed by atoms with Crippen molar-refractivity contribution in [2.24, 2.45) is 11.8 Å². The molecule has 1 saturated heterocycles. The lowest BCUT2D eigenvalue weighted by atomic mass is 10.0. The number of carbonyl (C=O) groups excluding carboxylic acids is 1. The van der Waals surface area contributed by atoms with Gasteiger partial charge in [0.25, 0.3) is 0 Å². The second kappa shape index (κ2) is 5.54. The number of carbonyl (C=O) groups is 1. The first kappa shape index (κ1) is 14.2. The monoisotopic (exact) mass is 292 g/mol. The molecule has 2 fully saturated rings. The molecule has 4 nitrogen and oxygen atoms in total. The van der Waals surface area contributed by atoms with Crippen LogP contribution in [0, 0.1) is 17.7 Å². The summed E-state index contributed by atoms with van der Waals surface area (Å²) in [4.78, 5) is 13.9. The summed E-state index contributed by atoms with van der Waals surface area (Å²) in [5, 5.41) is 0. The molecular formula is C16H21FN2O2. The van der Waals surface area contributed by atoms with Gasteiger partial charge in [0.2, 0.25) is 0 Å². The molecule has 0 radical (unpaired) electrons. The van der Waals surface area contributed by atoms with Crippen LogP contribution in [0.4, 0.5) is 15.8 Å². The third kappa shape index (κ3) is 2.57. The maximum absolute atomic E-state index is 14.2. The summed E-state index contributed by atoms with van der Waals surface area (Å²) in [6.45, 7) is 3.75. The molecule has 2 unspecified atom stereocenters. The van der Waals surface area contributed by atoms with E-state index in [2.05, 4.69) is 0 Å². The minimum absolute atomic E-state index is 0.133. The van der Waals surface area contributed by atoms with Crippen LogP contribution in [0.3, 0.4) is 0 Å². The molecule has 2 N–H and O–H groups in total. The summed E-state index contributed by atoms with van der Waals surface area (Å²) < 4.78 is 19.2. The number of fused-ring (bicyclic) bond motifs is 1. The molecule has 21 heavy (non-hydrogen) atoms. The van der Waals surface area contributed by atoms with Crippen molar-refractivity contribution in [2.75, 3.05) is 30.3 Å². The topological polar surface area (TPSA) is 55.6 Å². The Balaban J connectivity index is 1.88. The highest BCUT2D eigenvalue weighted by Gasteiger charge is 2.37. The molecule has 1 aromatic rings. The molecule has 5 heteroatoms. The molecule has 2 atom stereocenters. The first-order valence-electron chi connectivity index (χ1n) is 7.61. The molecule has 3 rings (SSSR count). The molecule has 114 valence electrons. The van der Waals surface area contributed by atoms with Crippen molar-refractivity contribution in [3.8, 4) is 0 Å². The van der Waals surface area contributed by atoms with E-state index in [0.717, 1.165) is 13.1 Å². The van der Waals surface area contributed by atoms with Crippen molar-refractivity contribution in [2.45, 2.75) is 26.2 Å². The molecule has 0 bridgehead atoms. The first-order chi connectivity index (χ1) is 10.1. The van der Waals surface area contributed by atoms with Crippen LogP contribution in [0.25, 0.3) is 0 Å². The molecule has 0 amide bonds. The number of halogens is 1. The summed E-state index contributed by atoms with van der Waals surface area (Å²) in [6, 6.07) is 2.78. The van der Waals surface area contributed by atoms with Gasteiger partial charge in [-0.05, 0) is 43.7 Å². The molecule has 1 aliphatic carbocycles. The van der Waals surface area contributed by atoms with Crippen LogP contribution in [-0.2, 0) is 4.74 Å². The van der Waals surface area contributed by atoms with E-state index in [1.54, 1.807) is 13.0 Å². The van der Waals surface area contributed by atoms with E-state index < -0.39 is 5.97 Å². The van der Waals surface area contributed by atoms with Gasteiger partial charge in [0, 0.05) is 18.8 Å². The van der Waals surface area contributed by atoms with Crippen LogP contribution in [-0.4, -0.2) is 25.7 Å². The van der Waals surface area contributed by atoms with Gasteiger partial charge in [-0.3, -0.25) is 0 Å². The van der Waals surface area contributed by atoms with Gasteiger partial charge >= 0.3 is 5.97 Å². The fourth-order valence-corrected chi connectivity index (χ4v) is 3.64. The minimum Gasteiger partial charge on any atom is -0.462 e. The quantitative estimate of drug-likeness (QED) is 0.687. The summed E-state index contributed by atoms with van der Waals surface area (Å²) in [5.41, 5.74) is 6.61. The average molecular weight is 292 g/mol. The third-order valence-corrected chi connectivity index (χ3v) is 4.68. The van der Waals surface area contributed by atoms with Crippen molar-refractivity contribution < 1.29 is 13.9 Å². The zero-order chi connectivity index (χ0) is 15.0. The number of hydrogen-bond acceptors (Lipinski definition) is 4. The van der Waals surface area contributed by atoms with Crippen molar-refractivity contribution >= 4 is 17.3 Å². The van der Waals surface area contributed by atoms with Crippen molar-refractivity contribution in [1.82, 2.24) is 0 Å². The van der Waals surface area contributed by atoms with Gasteiger partial charge < -0.3 is 15.4 Å². The van der Waals surface area contributed by atoms with E-state index in [1.165, 1.54) is 25.3 Å². The van der Waals surface area contributed by atoms with Gasteiger partial charge in [0.05, 0.1) is 17.9 Å². The summed E-state index contributed by atoms with van der Waals surface area (Å²) in [5.74, 6) is 0.470. The summed E-state index contributed by atoms with van der Waals surface area (Å²) >= 11 is 0. The maximum atomic E-state index is 14.2. The van der Waals surface area contributed by atoms with Gasteiger partial charge in [-0.1, -0.05) is 6.42 Å². The van der Waals surface area contributed by atoms with Gasteiger partial charge in [0.15, 0.2) is 0 Å². The first-order valence-corrected chi connectivity index (χ1v) is 7.61. The maximum Gasteiger partial charge on any atom is 0.340 e. The second-order valence-electron chi connectivity index (χ2n) is 5.97. The zero-order valence-corrected chi connectivity index (χ0v) is 12.3. The van der Waals surface area contributed by atoms with E-state index in [-0.39, 0.29) is 23.7 Å². The third-order valence-electron chi connectivity index (χ3n) is 4.68. The fourth-order valence-electron chi connectivity index (χ4n) is 3.64. The number of esters is 1. The lowest BCUT2D eigenvalue weighted by Crippen LogP contribution is -2.23. The van der Waals surface area contributed by atoms with E-state index in [1.807, 2.05) is 4.90 Å². The van der Waals surface area contributed by atoms with Crippen molar-refractivity contribution in [1.29, 1.82) is 0 Å². The minimum atomic E-state index is -0.490. The normalized spacial score (nSPS) is 24.2. The number of nitrogens with two attached hydrogens (primary N) is 1. The van der Waals surface area contributed by atoms with Gasteiger partial charge in [-0.25, -0.2) is 9.18 Å². The Morgan fingerprint density at radius 2 is 2.05 bits per heavy atom. The molecule has 2 aliphatic rings. The smallest absolute Gasteiger partial charge is 0.340 e. The number of nitrogen functional groups attached to an aromatic ring is 1. The standard InChI is InChI=1S/C16H21FN2O2/c1-2-21-16(20)12-6-15(13(17)7-14(12)18)19-8-10-4-3-5-11(10)9-19/h6-7,10-11H,2-5,8-9,18H2,1H3. The Kier molecular flexibility index (Phi) is 3.74. The van der Waals surface area contributed by atoms with Crippen LogP contribution in [0.2, 0.25) is 0 Å². The molecular weight excluding hydrogens is 271 g/mol. The van der Waals surface area contributed by atoms with E-state index in [9.17, 15) is 9.18 Å². The van der Waals surface area contributed by atoms with Crippen LogP contribution in [0.5, 0.6) is 0 Å².